The maximum atomic E-state index is 11.1. The number of nitrogens with zero attached hydrogens (tertiary/aromatic N) is 1. The molecule has 4 N–H and O–H groups in total. The van der Waals surface area contributed by atoms with Gasteiger partial charge in [-0.3, -0.25) is 4.79 Å². The third-order valence-corrected chi connectivity index (χ3v) is 2.88. The van der Waals surface area contributed by atoms with Crippen LogP contribution in [-0.4, -0.2) is 24.0 Å². The Bertz CT molecular complexity index is 417. The molecule has 1 amide bonds. The molecule has 98 valence electrons. The zero-order valence-corrected chi connectivity index (χ0v) is 11.4. The molecule has 5 heteroatoms. The molecule has 1 aromatic rings. The standard InChI is InChI=1S/C13H19N3OS/c1-2-3-8-16(9-12(14)17)11-6-4-10(5-7-11)13(15)18/h4-7H,2-3,8-9H2,1H3,(H2,14,17)(H2,15,18). The van der Waals surface area contributed by atoms with Gasteiger partial charge in [-0.25, -0.2) is 0 Å². The summed E-state index contributed by atoms with van der Waals surface area (Å²) in [4.78, 5) is 13.4. The fraction of sp³-hybridized carbons (Fsp3) is 0.385. The lowest BCUT2D eigenvalue weighted by Gasteiger charge is -2.23. The Balaban J connectivity index is 2.83. The topological polar surface area (TPSA) is 72.3 Å². The zero-order chi connectivity index (χ0) is 13.5. The summed E-state index contributed by atoms with van der Waals surface area (Å²) in [6.45, 7) is 3.15. The van der Waals surface area contributed by atoms with Gasteiger partial charge in [0.05, 0.1) is 6.54 Å². The smallest absolute Gasteiger partial charge is 0.236 e. The number of carbonyl (C=O) groups is 1. The predicted octanol–water partition coefficient (Wildman–Crippen LogP) is 1.41. The third kappa shape index (κ3) is 4.33. The molecule has 0 saturated heterocycles. The van der Waals surface area contributed by atoms with Crippen molar-refractivity contribution in [2.45, 2.75) is 19.8 Å². The molecule has 0 bridgehead atoms. The number of hydrogen-bond acceptors (Lipinski definition) is 3. The van der Waals surface area contributed by atoms with E-state index in [4.69, 9.17) is 23.7 Å². The van der Waals surface area contributed by atoms with Crippen LogP contribution in [0.5, 0.6) is 0 Å². The second kappa shape index (κ2) is 6.96. The van der Waals surface area contributed by atoms with E-state index < -0.39 is 0 Å². The number of carbonyl (C=O) groups excluding carboxylic acids is 1. The van der Waals surface area contributed by atoms with E-state index in [1.54, 1.807) is 0 Å². The third-order valence-electron chi connectivity index (χ3n) is 2.65. The normalized spacial score (nSPS) is 10.1. The van der Waals surface area contributed by atoms with Crippen LogP contribution in [0.4, 0.5) is 5.69 Å². The van der Waals surface area contributed by atoms with Crippen molar-refractivity contribution < 1.29 is 4.79 Å². The molecule has 0 spiro atoms. The van der Waals surface area contributed by atoms with Gasteiger partial charge >= 0.3 is 0 Å². The fourth-order valence-electron chi connectivity index (χ4n) is 1.67. The first-order valence-electron chi connectivity index (χ1n) is 5.97. The van der Waals surface area contributed by atoms with Gasteiger partial charge in [-0.2, -0.15) is 0 Å². The van der Waals surface area contributed by atoms with E-state index in [1.807, 2.05) is 29.2 Å². The molecule has 4 nitrogen and oxygen atoms in total. The summed E-state index contributed by atoms with van der Waals surface area (Å²) in [6.07, 6.45) is 2.09. The van der Waals surface area contributed by atoms with E-state index >= 15 is 0 Å². The predicted molar refractivity (Wildman–Crippen MR) is 78.6 cm³/mol. The molecule has 0 atom stereocenters. The van der Waals surface area contributed by atoms with Crippen molar-refractivity contribution in [2.24, 2.45) is 11.5 Å². The molecule has 0 aliphatic rings. The molecule has 1 rings (SSSR count). The molecule has 0 radical (unpaired) electrons. The van der Waals surface area contributed by atoms with Gasteiger partial charge in [-0.05, 0) is 30.7 Å². The summed E-state index contributed by atoms with van der Waals surface area (Å²) in [6, 6.07) is 7.54. The van der Waals surface area contributed by atoms with Crippen molar-refractivity contribution in [3.8, 4) is 0 Å². The summed E-state index contributed by atoms with van der Waals surface area (Å²) in [5, 5.41) is 0. The minimum absolute atomic E-state index is 0.229. The summed E-state index contributed by atoms with van der Waals surface area (Å²) in [5.74, 6) is -0.329. The Labute approximate surface area is 113 Å². The molecule has 0 unspecified atom stereocenters. The van der Waals surface area contributed by atoms with Crippen molar-refractivity contribution in [3.63, 3.8) is 0 Å². The number of nitrogens with two attached hydrogens (primary N) is 2. The van der Waals surface area contributed by atoms with Gasteiger partial charge in [0, 0.05) is 17.8 Å². The van der Waals surface area contributed by atoms with E-state index in [0.29, 0.717) is 4.99 Å². The number of benzene rings is 1. The van der Waals surface area contributed by atoms with Gasteiger partial charge in [-0.1, -0.05) is 25.6 Å². The summed E-state index contributed by atoms with van der Waals surface area (Å²) in [5.41, 5.74) is 12.6. The first-order chi connectivity index (χ1) is 8.54. The SMILES string of the molecule is CCCCN(CC(N)=O)c1ccc(C(N)=S)cc1. The Kier molecular flexibility index (Phi) is 5.58. The molecule has 0 aliphatic carbocycles. The largest absolute Gasteiger partial charge is 0.389 e. The number of rotatable bonds is 7. The van der Waals surface area contributed by atoms with Gasteiger partial charge < -0.3 is 16.4 Å². The average molecular weight is 265 g/mol. The molecule has 0 aromatic heterocycles. The summed E-state index contributed by atoms with van der Waals surface area (Å²) < 4.78 is 0. The lowest BCUT2D eigenvalue weighted by Crippen LogP contribution is -2.34. The Morgan fingerprint density at radius 3 is 2.33 bits per heavy atom. The first kappa shape index (κ1) is 14.4. The Hall–Kier alpha value is -1.62. The second-order valence-corrected chi connectivity index (χ2v) is 4.59. The van der Waals surface area contributed by atoms with Crippen LogP contribution in [0.25, 0.3) is 0 Å². The van der Waals surface area contributed by atoms with Crippen LogP contribution in [0.15, 0.2) is 24.3 Å². The van der Waals surface area contributed by atoms with Gasteiger partial charge in [0.15, 0.2) is 0 Å². The van der Waals surface area contributed by atoms with Crippen LogP contribution in [0.3, 0.4) is 0 Å². The molecule has 0 fully saturated rings. The van der Waals surface area contributed by atoms with Crippen molar-refractivity contribution in [1.29, 1.82) is 0 Å². The van der Waals surface area contributed by atoms with Crippen LogP contribution in [0.2, 0.25) is 0 Å². The average Bonchev–Trinajstić information content (AvgIpc) is 2.34. The van der Waals surface area contributed by atoms with E-state index in [-0.39, 0.29) is 12.5 Å². The molecule has 0 saturated carbocycles. The van der Waals surface area contributed by atoms with Crippen LogP contribution in [-0.2, 0) is 4.79 Å². The molecule has 1 aromatic carbocycles. The Morgan fingerprint density at radius 2 is 1.89 bits per heavy atom. The lowest BCUT2D eigenvalue weighted by atomic mass is 10.2. The van der Waals surface area contributed by atoms with Gasteiger partial charge in [0.2, 0.25) is 5.91 Å². The van der Waals surface area contributed by atoms with E-state index in [2.05, 4.69) is 6.92 Å². The second-order valence-electron chi connectivity index (χ2n) is 4.15. The highest BCUT2D eigenvalue weighted by molar-refractivity contribution is 7.80. The van der Waals surface area contributed by atoms with Crippen LogP contribution >= 0.6 is 12.2 Å². The van der Waals surface area contributed by atoms with Crippen molar-refractivity contribution in [2.75, 3.05) is 18.0 Å². The monoisotopic (exact) mass is 265 g/mol. The molecule has 0 aliphatic heterocycles. The highest BCUT2D eigenvalue weighted by atomic mass is 32.1. The zero-order valence-electron chi connectivity index (χ0n) is 10.6. The number of amides is 1. The maximum absolute atomic E-state index is 11.1. The van der Waals surface area contributed by atoms with Crippen LogP contribution < -0.4 is 16.4 Å². The fourth-order valence-corrected chi connectivity index (χ4v) is 1.81. The van der Waals surface area contributed by atoms with E-state index in [0.717, 1.165) is 30.6 Å². The molecule has 18 heavy (non-hydrogen) atoms. The number of unbranched alkanes of at least 4 members (excludes halogenated alkanes) is 1. The number of anilines is 1. The highest BCUT2D eigenvalue weighted by Gasteiger charge is 2.09. The number of hydrogen-bond donors (Lipinski definition) is 2. The quantitative estimate of drug-likeness (QED) is 0.731. The van der Waals surface area contributed by atoms with Gasteiger partial charge in [0.25, 0.3) is 0 Å². The van der Waals surface area contributed by atoms with Crippen LogP contribution in [0, 0.1) is 0 Å². The molecular formula is C13H19N3OS. The van der Waals surface area contributed by atoms with Crippen molar-refractivity contribution in [1.82, 2.24) is 0 Å². The first-order valence-corrected chi connectivity index (χ1v) is 6.38. The minimum Gasteiger partial charge on any atom is -0.389 e. The van der Waals surface area contributed by atoms with Gasteiger partial charge in [0.1, 0.15) is 4.99 Å². The summed E-state index contributed by atoms with van der Waals surface area (Å²) >= 11 is 4.90. The number of primary amides is 1. The highest BCUT2D eigenvalue weighted by Crippen LogP contribution is 2.16. The van der Waals surface area contributed by atoms with Crippen LogP contribution in [0.1, 0.15) is 25.3 Å². The summed E-state index contributed by atoms with van der Waals surface area (Å²) in [7, 11) is 0. The molecule has 0 heterocycles. The van der Waals surface area contributed by atoms with Gasteiger partial charge in [-0.15, -0.1) is 0 Å². The van der Waals surface area contributed by atoms with Crippen molar-refractivity contribution in [3.05, 3.63) is 29.8 Å². The minimum atomic E-state index is -0.329. The lowest BCUT2D eigenvalue weighted by molar-refractivity contribution is -0.116. The van der Waals surface area contributed by atoms with E-state index in [1.165, 1.54) is 0 Å². The van der Waals surface area contributed by atoms with Crippen molar-refractivity contribution >= 4 is 28.8 Å². The Morgan fingerprint density at radius 1 is 1.28 bits per heavy atom. The molecular weight excluding hydrogens is 246 g/mol. The maximum Gasteiger partial charge on any atom is 0.236 e. The number of thiocarbonyl (C=S) groups is 1. The van der Waals surface area contributed by atoms with E-state index in [9.17, 15) is 4.79 Å².